The van der Waals surface area contributed by atoms with Crippen molar-refractivity contribution in [3.63, 3.8) is 0 Å². The number of halogens is 1. The fourth-order valence-corrected chi connectivity index (χ4v) is 1.98. The minimum absolute atomic E-state index is 0.224. The third-order valence-electron chi connectivity index (χ3n) is 3.02. The van der Waals surface area contributed by atoms with Gasteiger partial charge in [-0.3, -0.25) is 0 Å². The van der Waals surface area contributed by atoms with Gasteiger partial charge in [0.2, 0.25) is 0 Å². The Morgan fingerprint density at radius 2 is 2.05 bits per heavy atom. The number of nitrogens with two attached hydrogens (primary N) is 1. The van der Waals surface area contributed by atoms with Crippen LogP contribution in [0.3, 0.4) is 0 Å². The summed E-state index contributed by atoms with van der Waals surface area (Å²) < 4.78 is 15.3. The first-order valence-electron chi connectivity index (χ1n) is 5.90. The first kappa shape index (κ1) is 11.5. The van der Waals surface area contributed by atoms with Crippen LogP contribution in [-0.2, 0) is 0 Å². The molecule has 19 heavy (non-hydrogen) atoms. The average molecular weight is 256 g/mol. The summed E-state index contributed by atoms with van der Waals surface area (Å²) in [5, 5.41) is 3.18. The van der Waals surface area contributed by atoms with E-state index in [-0.39, 0.29) is 5.82 Å². The van der Waals surface area contributed by atoms with Crippen molar-refractivity contribution >= 4 is 22.8 Å². The number of nitrogens with zero attached hydrogens (tertiary/aromatic N) is 2. The summed E-state index contributed by atoms with van der Waals surface area (Å²) in [7, 11) is 0. The van der Waals surface area contributed by atoms with Crippen molar-refractivity contribution in [3.05, 3.63) is 54.1 Å². The largest absolute Gasteiger partial charge is 0.382 e. The van der Waals surface area contributed by atoms with Gasteiger partial charge in [-0.2, -0.15) is 0 Å². The Hall–Kier alpha value is -2.56. The topological polar surface area (TPSA) is 55.3 Å². The van der Waals surface area contributed by atoms with Gasteiger partial charge in [0.15, 0.2) is 0 Å². The summed E-state index contributed by atoms with van der Waals surface area (Å²) in [5.74, 6) is 0.247. The zero-order chi connectivity index (χ0) is 13.4. The Morgan fingerprint density at radius 3 is 2.89 bits per heavy atom. The van der Waals surface area contributed by atoms with Gasteiger partial charge in [0.05, 0.1) is 11.9 Å². The van der Waals surface area contributed by atoms with Crippen molar-refractivity contribution in [3.8, 4) is 0 Å². The normalized spacial score (nSPS) is 10.8. The number of pyridine rings is 1. The average Bonchev–Trinajstić information content (AvgIpc) is 2.74. The number of aromatic nitrogens is 2. The molecule has 0 aliphatic carbocycles. The van der Waals surface area contributed by atoms with Crippen molar-refractivity contribution in [1.29, 1.82) is 0 Å². The first-order chi connectivity index (χ1) is 9.13. The highest BCUT2D eigenvalue weighted by molar-refractivity contribution is 5.64. The molecule has 96 valence electrons. The van der Waals surface area contributed by atoms with Crippen LogP contribution in [0.2, 0.25) is 0 Å². The van der Waals surface area contributed by atoms with Gasteiger partial charge >= 0.3 is 0 Å². The van der Waals surface area contributed by atoms with E-state index in [4.69, 9.17) is 5.73 Å². The summed E-state index contributed by atoms with van der Waals surface area (Å²) in [6.45, 7) is 1.74. The highest BCUT2D eigenvalue weighted by Crippen LogP contribution is 2.22. The molecule has 3 N–H and O–H groups in total. The fourth-order valence-electron chi connectivity index (χ4n) is 1.98. The van der Waals surface area contributed by atoms with Gasteiger partial charge in [0, 0.05) is 17.4 Å². The zero-order valence-corrected chi connectivity index (χ0v) is 10.4. The second-order valence-electron chi connectivity index (χ2n) is 4.39. The maximum atomic E-state index is 13.5. The SMILES string of the molecule is Cc1c(F)cccc1Nc1ccc2nc(N)cn2c1. The summed E-state index contributed by atoms with van der Waals surface area (Å²) in [6.07, 6.45) is 3.60. The molecule has 0 atom stereocenters. The number of benzene rings is 1. The molecular weight excluding hydrogens is 243 g/mol. The molecule has 0 bridgehead atoms. The molecule has 4 nitrogen and oxygen atoms in total. The van der Waals surface area contributed by atoms with E-state index < -0.39 is 0 Å². The predicted molar refractivity (Wildman–Crippen MR) is 74.0 cm³/mol. The summed E-state index contributed by atoms with van der Waals surface area (Å²) in [6, 6.07) is 8.70. The second-order valence-corrected chi connectivity index (χ2v) is 4.39. The number of imidazole rings is 1. The summed E-state index contributed by atoms with van der Waals surface area (Å²) in [5.41, 5.74) is 8.59. The van der Waals surface area contributed by atoms with Crippen molar-refractivity contribution in [1.82, 2.24) is 9.38 Å². The van der Waals surface area contributed by atoms with Crippen LogP contribution in [0.15, 0.2) is 42.7 Å². The predicted octanol–water partition coefficient (Wildman–Crippen LogP) is 3.11. The van der Waals surface area contributed by atoms with Crippen molar-refractivity contribution < 1.29 is 4.39 Å². The number of anilines is 3. The lowest BCUT2D eigenvalue weighted by atomic mass is 10.2. The number of rotatable bonds is 2. The van der Waals surface area contributed by atoms with Crippen LogP contribution in [-0.4, -0.2) is 9.38 Å². The molecule has 0 aliphatic heterocycles. The number of nitrogens with one attached hydrogen (secondary N) is 1. The Labute approximate surface area is 109 Å². The van der Waals surface area contributed by atoms with Crippen LogP contribution >= 0.6 is 0 Å². The van der Waals surface area contributed by atoms with Gasteiger partial charge in [-0.05, 0) is 31.2 Å². The van der Waals surface area contributed by atoms with E-state index in [0.717, 1.165) is 17.0 Å². The fraction of sp³-hybridized carbons (Fsp3) is 0.0714. The number of hydrogen-bond donors (Lipinski definition) is 2. The molecule has 0 unspecified atom stereocenters. The smallest absolute Gasteiger partial charge is 0.142 e. The van der Waals surface area contributed by atoms with Gasteiger partial charge in [0.1, 0.15) is 17.3 Å². The number of nitrogen functional groups attached to an aromatic ring is 1. The number of hydrogen-bond acceptors (Lipinski definition) is 3. The van der Waals surface area contributed by atoms with E-state index >= 15 is 0 Å². The maximum Gasteiger partial charge on any atom is 0.142 e. The molecule has 5 heteroatoms. The minimum atomic E-state index is -0.224. The van der Waals surface area contributed by atoms with Crippen LogP contribution in [0.1, 0.15) is 5.56 Å². The van der Waals surface area contributed by atoms with Crippen LogP contribution < -0.4 is 11.1 Å². The molecule has 1 aromatic carbocycles. The molecule has 0 spiro atoms. The monoisotopic (exact) mass is 256 g/mol. The quantitative estimate of drug-likeness (QED) is 0.740. The lowest BCUT2D eigenvalue weighted by molar-refractivity contribution is 0.619. The van der Waals surface area contributed by atoms with Gasteiger partial charge in [-0.15, -0.1) is 0 Å². The van der Waals surface area contributed by atoms with Gasteiger partial charge < -0.3 is 15.5 Å². The number of fused-ring (bicyclic) bond motifs is 1. The van der Waals surface area contributed by atoms with Crippen LogP contribution in [0, 0.1) is 12.7 Å². The Kier molecular flexibility index (Phi) is 2.59. The molecule has 0 amide bonds. The third-order valence-corrected chi connectivity index (χ3v) is 3.02. The van der Waals surface area contributed by atoms with Crippen LogP contribution in [0.4, 0.5) is 21.6 Å². The van der Waals surface area contributed by atoms with Crippen molar-refractivity contribution in [2.75, 3.05) is 11.1 Å². The van der Waals surface area contributed by atoms with E-state index in [2.05, 4.69) is 10.3 Å². The van der Waals surface area contributed by atoms with Gasteiger partial charge in [-0.1, -0.05) is 6.07 Å². The lowest BCUT2D eigenvalue weighted by Crippen LogP contribution is -1.96. The van der Waals surface area contributed by atoms with E-state index in [9.17, 15) is 4.39 Å². The highest BCUT2D eigenvalue weighted by Gasteiger charge is 2.04. The molecule has 0 saturated heterocycles. The molecule has 0 saturated carbocycles. The zero-order valence-electron chi connectivity index (χ0n) is 10.4. The molecule has 3 rings (SSSR count). The minimum Gasteiger partial charge on any atom is -0.382 e. The maximum absolute atomic E-state index is 13.5. The first-order valence-corrected chi connectivity index (χ1v) is 5.90. The van der Waals surface area contributed by atoms with Crippen LogP contribution in [0.25, 0.3) is 5.65 Å². The van der Waals surface area contributed by atoms with Gasteiger partial charge in [-0.25, -0.2) is 9.37 Å². The summed E-state index contributed by atoms with van der Waals surface area (Å²) in [4.78, 5) is 4.15. The molecule has 3 aromatic rings. The highest BCUT2D eigenvalue weighted by atomic mass is 19.1. The Balaban J connectivity index is 1.98. The summed E-state index contributed by atoms with van der Waals surface area (Å²) >= 11 is 0. The Bertz CT molecular complexity index is 748. The Morgan fingerprint density at radius 1 is 1.21 bits per heavy atom. The molecule has 2 heterocycles. The molecule has 0 radical (unpaired) electrons. The second kappa shape index (κ2) is 4.28. The molecular formula is C14H13FN4. The third kappa shape index (κ3) is 2.10. The van der Waals surface area contributed by atoms with Gasteiger partial charge in [0.25, 0.3) is 0 Å². The van der Waals surface area contributed by atoms with Crippen molar-refractivity contribution in [2.45, 2.75) is 6.92 Å². The lowest BCUT2D eigenvalue weighted by Gasteiger charge is -2.10. The van der Waals surface area contributed by atoms with E-state index in [1.54, 1.807) is 19.2 Å². The van der Waals surface area contributed by atoms with Crippen LogP contribution in [0.5, 0.6) is 0 Å². The van der Waals surface area contributed by atoms with E-state index in [1.807, 2.05) is 28.8 Å². The van der Waals surface area contributed by atoms with Crippen molar-refractivity contribution in [2.24, 2.45) is 0 Å². The van der Waals surface area contributed by atoms with E-state index in [0.29, 0.717) is 11.4 Å². The molecule has 0 fully saturated rings. The molecule has 0 aliphatic rings. The van der Waals surface area contributed by atoms with E-state index in [1.165, 1.54) is 6.07 Å². The molecule has 2 aromatic heterocycles. The standard InChI is InChI=1S/C14H13FN4/c1-9-11(15)3-2-4-12(9)17-10-5-6-14-18-13(16)8-19(14)7-10/h2-8,17H,16H2,1H3.